The van der Waals surface area contributed by atoms with Crippen molar-refractivity contribution < 1.29 is 9.47 Å². The van der Waals surface area contributed by atoms with Gasteiger partial charge in [-0.1, -0.05) is 11.6 Å². The van der Waals surface area contributed by atoms with E-state index >= 15 is 0 Å². The fourth-order valence-electron chi connectivity index (χ4n) is 2.39. The Labute approximate surface area is 127 Å². The lowest BCUT2D eigenvalue weighted by Gasteiger charge is -2.11. The van der Waals surface area contributed by atoms with E-state index in [2.05, 4.69) is 0 Å². The quantitative estimate of drug-likeness (QED) is 0.747. The van der Waals surface area contributed by atoms with Gasteiger partial charge in [-0.25, -0.2) is 0 Å². The van der Waals surface area contributed by atoms with E-state index in [9.17, 15) is 0 Å². The van der Waals surface area contributed by atoms with Crippen molar-refractivity contribution in [3.63, 3.8) is 0 Å². The predicted molar refractivity (Wildman–Crippen MR) is 85.8 cm³/mol. The minimum absolute atomic E-state index is 0.599. The number of ether oxygens (including phenoxy) is 2. The van der Waals surface area contributed by atoms with Crippen molar-refractivity contribution in [2.24, 2.45) is 0 Å². The normalized spacial score (nSPS) is 10.8. The molecule has 0 aliphatic rings. The average Bonchev–Trinajstić information content (AvgIpc) is 2.88. The molecule has 0 unspecified atom stereocenters. The van der Waals surface area contributed by atoms with Gasteiger partial charge in [-0.2, -0.15) is 0 Å². The van der Waals surface area contributed by atoms with E-state index < -0.39 is 0 Å². The number of hydrogen-bond acceptors (Lipinski definition) is 3. The maximum atomic E-state index is 6.30. The average molecular weight is 303 g/mol. The molecule has 0 atom stereocenters. The minimum Gasteiger partial charge on any atom is -0.493 e. The van der Waals surface area contributed by atoms with Crippen LogP contribution in [0.25, 0.3) is 16.6 Å². The first-order valence-electron chi connectivity index (χ1n) is 6.42. The van der Waals surface area contributed by atoms with Gasteiger partial charge in [0.05, 0.1) is 30.4 Å². The molecule has 0 saturated carbocycles. The van der Waals surface area contributed by atoms with Gasteiger partial charge in [-0.15, -0.1) is 0 Å². The third-order valence-corrected chi connectivity index (χ3v) is 3.73. The Hall–Kier alpha value is -2.33. The van der Waals surface area contributed by atoms with Crippen LogP contribution in [0.5, 0.6) is 11.5 Å². The molecule has 1 aromatic heterocycles. The van der Waals surface area contributed by atoms with Gasteiger partial charge in [0.1, 0.15) is 0 Å². The monoisotopic (exact) mass is 302 g/mol. The van der Waals surface area contributed by atoms with Crippen molar-refractivity contribution in [2.45, 2.75) is 0 Å². The van der Waals surface area contributed by atoms with Crippen LogP contribution in [0.4, 0.5) is 5.69 Å². The lowest BCUT2D eigenvalue weighted by molar-refractivity contribution is 0.356. The third-order valence-electron chi connectivity index (χ3n) is 3.43. The highest BCUT2D eigenvalue weighted by Gasteiger charge is 2.11. The highest BCUT2D eigenvalue weighted by atomic mass is 35.5. The molecule has 0 spiro atoms. The zero-order chi connectivity index (χ0) is 15.0. The fraction of sp³-hybridized carbons (Fsp3) is 0.125. The number of hydrogen-bond donors (Lipinski definition) is 1. The Balaban J connectivity index is 2.24. The largest absolute Gasteiger partial charge is 0.493 e. The van der Waals surface area contributed by atoms with Gasteiger partial charge in [0, 0.05) is 23.3 Å². The number of methoxy groups -OCH3 is 2. The summed E-state index contributed by atoms with van der Waals surface area (Å²) < 4.78 is 12.7. The Bertz CT molecular complexity index is 811. The van der Waals surface area contributed by atoms with Gasteiger partial charge in [-0.3, -0.25) is 0 Å². The van der Waals surface area contributed by atoms with Crippen molar-refractivity contribution in [1.29, 1.82) is 0 Å². The second-order valence-electron chi connectivity index (χ2n) is 4.66. The molecule has 5 heteroatoms. The van der Waals surface area contributed by atoms with E-state index in [1.807, 2.05) is 41.1 Å². The van der Waals surface area contributed by atoms with Gasteiger partial charge in [0.25, 0.3) is 0 Å². The molecule has 0 aliphatic carbocycles. The molecule has 2 N–H and O–H groups in total. The Kier molecular flexibility index (Phi) is 3.39. The molecule has 0 radical (unpaired) electrons. The van der Waals surface area contributed by atoms with Crippen molar-refractivity contribution in [1.82, 2.24) is 4.57 Å². The smallest absolute Gasteiger partial charge is 0.162 e. The van der Waals surface area contributed by atoms with Crippen LogP contribution in [0.1, 0.15) is 0 Å². The molecule has 0 amide bonds. The zero-order valence-electron chi connectivity index (χ0n) is 11.8. The summed E-state index contributed by atoms with van der Waals surface area (Å²) in [6.07, 6.45) is 1.96. The second-order valence-corrected chi connectivity index (χ2v) is 5.07. The van der Waals surface area contributed by atoms with Crippen LogP contribution in [0.2, 0.25) is 5.02 Å². The first-order valence-corrected chi connectivity index (χ1v) is 6.80. The summed E-state index contributed by atoms with van der Waals surface area (Å²) in [5.41, 5.74) is 8.24. The number of nitrogens with two attached hydrogens (primary N) is 1. The first-order chi connectivity index (χ1) is 10.1. The van der Waals surface area contributed by atoms with Gasteiger partial charge < -0.3 is 19.8 Å². The zero-order valence-corrected chi connectivity index (χ0v) is 12.5. The molecular weight excluding hydrogens is 288 g/mol. The molecule has 0 fully saturated rings. The van der Waals surface area contributed by atoms with Crippen molar-refractivity contribution in [2.75, 3.05) is 20.0 Å². The SMILES string of the molecule is COc1cc2ccn(-c3ccc(N)cc3Cl)c2cc1OC. The van der Waals surface area contributed by atoms with Crippen LogP contribution in [0.15, 0.2) is 42.6 Å². The lowest BCUT2D eigenvalue weighted by atomic mass is 10.2. The van der Waals surface area contributed by atoms with E-state index in [1.54, 1.807) is 20.3 Å². The summed E-state index contributed by atoms with van der Waals surface area (Å²) in [6.45, 7) is 0. The minimum atomic E-state index is 0.599. The Morgan fingerprint density at radius 1 is 1.00 bits per heavy atom. The summed E-state index contributed by atoms with van der Waals surface area (Å²) in [7, 11) is 3.24. The molecule has 0 saturated heterocycles. The number of nitrogens with zero attached hydrogens (tertiary/aromatic N) is 1. The third kappa shape index (κ3) is 2.28. The van der Waals surface area contributed by atoms with Crippen LogP contribution in [-0.2, 0) is 0 Å². The summed E-state index contributed by atoms with van der Waals surface area (Å²) in [6, 6.07) is 11.3. The van der Waals surface area contributed by atoms with Crippen LogP contribution in [0, 0.1) is 0 Å². The number of nitrogen functional groups attached to an aromatic ring is 1. The van der Waals surface area contributed by atoms with Crippen LogP contribution in [0.3, 0.4) is 0 Å². The summed E-state index contributed by atoms with van der Waals surface area (Å²) in [5.74, 6) is 1.38. The van der Waals surface area contributed by atoms with Crippen LogP contribution >= 0.6 is 11.6 Å². The number of aromatic nitrogens is 1. The molecular formula is C16H15ClN2O2. The summed E-state index contributed by atoms with van der Waals surface area (Å²) >= 11 is 6.30. The van der Waals surface area contributed by atoms with Crippen molar-refractivity contribution in [3.05, 3.63) is 47.6 Å². The lowest BCUT2D eigenvalue weighted by Crippen LogP contribution is -1.96. The maximum absolute atomic E-state index is 6.30. The van der Waals surface area contributed by atoms with Gasteiger partial charge >= 0.3 is 0 Å². The van der Waals surface area contributed by atoms with Gasteiger partial charge in [-0.05, 0) is 30.3 Å². The first kappa shape index (κ1) is 13.6. The molecule has 108 valence electrons. The maximum Gasteiger partial charge on any atom is 0.162 e. The second kappa shape index (κ2) is 5.22. The van der Waals surface area contributed by atoms with Crippen LogP contribution in [-0.4, -0.2) is 18.8 Å². The molecule has 3 aromatic rings. The number of halogens is 1. The summed E-state index contributed by atoms with van der Waals surface area (Å²) in [5, 5.41) is 1.64. The van der Waals surface area contributed by atoms with Gasteiger partial charge in [0.15, 0.2) is 11.5 Å². The van der Waals surface area contributed by atoms with Crippen molar-refractivity contribution in [3.8, 4) is 17.2 Å². The standard InChI is InChI=1S/C16H15ClN2O2/c1-20-15-7-10-5-6-19(14(10)9-16(15)21-2)13-4-3-11(18)8-12(13)17/h3-9H,18H2,1-2H3. The molecule has 1 heterocycles. The van der Waals surface area contributed by atoms with E-state index in [1.165, 1.54) is 0 Å². The molecule has 2 aromatic carbocycles. The van der Waals surface area contributed by atoms with E-state index in [0.717, 1.165) is 16.6 Å². The molecule has 4 nitrogen and oxygen atoms in total. The van der Waals surface area contributed by atoms with E-state index in [-0.39, 0.29) is 0 Å². The highest BCUT2D eigenvalue weighted by molar-refractivity contribution is 6.32. The fourth-order valence-corrected chi connectivity index (χ4v) is 2.67. The highest BCUT2D eigenvalue weighted by Crippen LogP contribution is 2.35. The Morgan fingerprint density at radius 3 is 2.38 bits per heavy atom. The molecule has 0 aliphatic heterocycles. The van der Waals surface area contributed by atoms with E-state index in [4.69, 9.17) is 26.8 Å². The number of benzene rings is 2. The summed E-state index contributed by atoms with van der Waals surface area (Å²) in [4.78, 5) is 0. The molecule has 3 rings (SSSR count). The van der Waals surface area contributed by atoms with Crippen LogP contribution < -0.4 is 15.2 Å². The number of anilines is 1. The number of rotatable bonds is 3. The number of fused-ring (bicyclic) bond motifs is 1. The Morgan fingerprint density at radius 2 is 1.71 bits per heavy atom. The molecule has 21 heavy (non-hydrogen) atoms. The predicted octanol–water partition coefficient (Wildman–Crippen LogP) is 3.88. The van der Waals surface area contributed by atoms with Crippen molar-refractivity contribution >= 4 is 28.2 Å². The van der Waals surface area contributed by atoms with Gasteiger partial charge in [0.2, 0.25) is 0 Å². The van der Waals surface area contributed by atoms with E-state index in [0.29, 0.717) is 22.2 Å². The molecule has 0 bridgehead atoms. The topological polar surface area (TPSA) is 49.4 Å².